The van der Waals surface area contributed by atoms with Gasteiger partial charge in [-0.05, 0) is 24.1 Å². The molecule has 1 aromatic heterocycles. The van der Waals surface area contributed by atoms with Gasteiger partial charge in [-0.3, -0.25) is 0 Å². The molecule has 0 fully saturated rings. The molecule has 0 saturated heterocycles. The van der Waals surface area contributed by atoms with Crippen LogP contribution in [0.4, 0.5) is 18.3 Å². The fourth-order valence-electron chi connectivity index (χ4n) is 1.42. The van der Waals surface area contributed by atoms with Gasteiger partial charge in [0.15, 0.2) is 22.6 Å². The molecule has 2 rings (SSSR count). The highest BCUT2D eigenvalue weighted by Crippen LogP contribution is 2.30. The first-order chi connectivity index (χ1) is 8.61. The zero-order valence-electron chi connectivity index (χ0n) is 9.64. The summed E-state index contributed by atoms with van der Waals surface area (Å²) in [5.74, 6) is -3.84. The van der Waals surface area contributed by atoms with Crippen molar-refractivity contribution in [1.29, 1.82) is 0 Å². The van der Waals surface area contributed by atoms with E-state index in [1.807, 2.05) is 6.92 Å². The van der Waals surface area contributed by atoms with Gasteiger partial charge in [0.05, 0.1) is 4.88 Å². The molecule has 0 aliphatic rings. The van der Waals surface area contributed by atoms with Crippen LogP contribution in [0.5, 0.6) is 0 Å². The summed E-state index contributed by atoms with van der Waals surface area (Å²) in [5.41, 5.74) is 0.286. The van der Waals surface area contributed by atoms with Crippen molar-refractivity contribution in [3.63, 3.8) is 0 Å². The first-order valence-electron chi connectivity index (χ1n) is 5.46. The first kappa shape index (κ1) is 12.9. The third-order valence-electron chi connectivity index (χ3n) is 2.30. The molecular formula is C12H11F3N2S. The third-order valence-corrected chi connectivity index (χ3v) is 3.30. The number of halogens is 3. The number of nitrogens with one attached hydrogen (secondary N) is 1. The Morgan fingerprint density at radius 1 is 1.22 bits per heavy atom. The first-order valence-corrected chi connectivity index (χ1v) is 6.28. The average Bonchev–Trinajstić information content (AvgIpc) is 2.81. The number of benzene rings is 1. The van der Waals surface area contributed by atoms with Gasteiger partial charge in [0.1, 0.15) is 0 Å². The van der Waals surface area contributed by atoms with Gasteiger partial charge in [0.2, 0.25) is 0 Å². The van der Waals surface area contributed by atoms with Crippen LogP contribution in [-0.4, -0.2) is 11.5 Å². The highest BCUT2D eigenvalue weighted by Gasteiger charge is 2.13. The van der Waals surface area contributed by atoms with E-state index in [4.69, 9.17) is 0 Å². The maximum Gasteiger partial charge on any atom is 0.194 e. The van der Waals surface area contributed by atoms with Crippen LogP contribution in [0, 0.1) is 17.5 Å². The van der Waals surface area contributed by atoms with Crippen molar-refractivity contribution in [3.8, 4) is 10.4 Å². The topological polar surface area (TPSA) is 24.9 Å². The zero-order valence-corrected chi connectivity index (χ0v) is 10.5. The predicted octanol–water partition coefficient (Wildman–Crippen LogP) is 4.05. The van der Waals surface area contributed by atoms with E-state index in [1.54, 1.807) is 0 Å². The second kappa shape index (κ2) is 5.39. The molecule has 0 aliphatic heterocycles. The number of anilines is 1. The molecule has 2 nitrogen and oxygen atoms in total. The van der Waals surface area contributed by atoms with Crippen LogP contribution in [0.3, 0.4) is 0 Å². The molecule has 0 amide bonds. The van der Waals surface area contributed by atoms with E-state index in [-0.39, 0.29) is 5.56 Å². The van der Waals surface area contributed by atoms with E-state index < -0.39 is 17.5 Å². The van der Waals surface area contributed by atoms with Crippen molar-refractivity contribution in [2.45, 2.75) is 13.3 Å². The van der Waals surface area contributed by atoms with Gasteiger partial charge in [-0.15, -0.1) is 0 Å². The lowest BCUT2D eigenvalue weighted by Gasteiger charge is -2.00. The van der Waals surface area contributed by atoms with Crippen molar-refractivity contribution < 1.29 is 13.2 Å². The lowest BCUT2D eigenvalue weighted by Crippen LogP contribution is -1.97. The molecule has 0 radical (unpaired) electrons. The van der Waals surface area contributed by atoms with E-state index in [9.17, 15) is 13.2 Å². The summed E-state index contributed by atoms with van der Waals surface area (Å²) in [6, 6.07) is 1.94. The van der Waals surface area contributed by atoms with Crippen LogP contribution >= 0.6 is 11.3 Å². The number of nitrogens with zero attached hydrogens (tertiary/aromatic N) is 1. The summed E-state index contributed by atoms with van der Waals surface area (Å²) in [5, 5.41) is 3.75. The normalized spacial score (nSPS) is 10.7. The van der Waals surface area contributed by atoms with Crippen LogP contribution in [0.15, 0.2) is 18.3 Å². The average molecular weight is 272 g/mol. The Bertz CT molecular complexity index is 531. The van der Waals surface area contributed by atoms with E-state index >= 15 is 0 Å². The van der Waals surface area contributed by atoms with Gasteiger partial charge in [-0.1, -0.05) is 18.3 Å². The van der Waals surface area contributed by atoms with Crippen LogP contribution in [-0.2, 0) is 0 Å². The van der Waals surface area contributed by atoms with E-state index in [1.165, 1.54) is 17.5 Å². The molecule has 1 N–H and O–H groups in total. The van der Waals surface area contributed by atoms with Crippen molar-refractivity contribution in [1.82, 2.24) is 4.98 Å². The lowest BCUT2D eigenvalue weighted by atomic mass is 10.2. The molecule has 0 aliphatic carbocycles. The molecule has 1 aromatic carbocycles. The Labute approximate surface area is 106 Å². The number of hydrogen-bond donors (Lipinski definition) is 1. The van der Waals surface area contributed by atoms with Crippen molar-refractivity contribution in [3.05, 3.63) is 35.8 Å². The van der Waals surface area contributed by atoms with Crippen LogP contribution in [0.25, 0.3) is 10.4 Å². The second-order valence-corrected chi connectivity index (χ2v) is 4.74. The molecule has 6 heteroatoms. The summed E-state index contributed by atoms with van der Waals surface area (Å²) in [6.45, 7) is 2.80. The Hall–Kier alpha value is -1.56. The van der Waals surface area contributed by atoms with Gasteiger partial charge >= 0.3 is 0 Å². The quantitative estimate of drug-likeness (QED) is 0.849. The molecule has 0 saturated carbocycles. The summed E-state index contributed by atoms with van der Waals surface area (Å²) in [4.78, 5) is 4.67. The molecule has 0 atom stereocenters. The molecular weight excluding hydrogens is 261 g/mol. The second-order valence-electron chi connectivity index (χ2n) is 3.71. The minimum atomic E-state index is -1.45. The number of rotatable bonds is 4. The van der Waals surface area contributed by atoms with Crippen molar-refractivity contribution in [2.24, 2.45) is 0 Å². The smallest absolute Gasteiger partial charge is 0.194 e. The van der Waals surface area contributed by atoms with E-state index in [0.29, 0.717) is 10.0 Å². The lowest BCUT2D eigenvalue weighted by molar-refractivity contribution is 0.448. The standard InChI is InChI=1S/C12H11F3N2S/c1-2-3-16-12-17-6-10(18-12)7-4-8(13)11(15)9(14)5-7/h4-6H,2-3H2,1H3,(H,16,17). The van der Waals surface area contributed by atoms with Gasteiger partial charge in [-0.25, -0.2) is 18.2 Å². The fourth-order valence-corrected chi connectivity index (χ4v) is 2.25. The van der Waals surface area contributed by atoms with E-state index in [0.717, 1.165) is 25.1 Å². The summed E-state index contributed by atoms with van der Waals surface area (Å²) in [6.07, 6.45) is 2.46. The van der Waals surface area contributed by atoms with Gasteiger partial charge < -0.3 is 5.32 Å². The monoisotopic (exact) mass is 272 g/mol. The fraction of sp³-hybridized carbons (Fsp3) is 0.250. The number of hydrogen-bond acceptors (Lipinski definition) is 3. The van der Waals surface area contributed by atoms with Crippen molar-refractivity contribution in [2.75, 3.05) is 11.9 Å². The molecule has 0 unspecified atom stereocenters. The summed E-state index contributed by atoms with van der Waals surface area (Å²) in [7, 11) is 0. The minimum Gasteiger partial charge on any atom is -0.362 e. The summed E-state index contributed by atoms with van der Waals surface area (Å²) >= 11 is 1.27. The molecule has 1 heterocycles. The maximum atomic E-state index is 13.1. The number of aromatic nitrogens is 1. The molecule has 0 bridgehead atoms. The Balaban J connectivity index is 2.28. The Kier molecular flexibility index (Phi) is 3.86. The predicted molar refractivity (Wildman–Crippen MR) is 66.2 cm³/mol. The molecule has 96 valence electrons. The van der Waals surface area contributed by atoms with Crippen LogP contribution in [0.1, 0.15) is 13.3 Å². The van der Waals surface area contributed by atoms with Crippen molar-refractivity contribution >= 4 is 16.5 Å². The maximum absolute atomic E-state index is 13.1. The SMILES string of the molecule is CCCNc1ncc(-c2cc(F)c(F)c(F)c2)s1. The highest BCUT2D eigenvalue weighted by molar-refractivity contribution is 7.18. The number of thiazole rings is 1. The third kappa shape index (κ3) is 2.64. The van der Waals surface area contributed by atoms with Gasteiger partial charge in [-0.2, -0.15) is 0 Å². The van der Waals surface area contributed by atoms with E-state index in [2.05, 4.69) is 10.3 Å². The Morgan fingerprint density at radius 2 is 1.89 bits per heavy atom. The molecule has 0 spiro atoms. The molecule has 18 heavy (non-hydrogen) atoms. The minimum absolute atomic E-state index is 0.286. The largest absolute Gasteiger partial charge is 0.362 e. The zero-order chi connectivity index (χ0) is 13.1. The highest BCUT2D eigenvalue weighted by atomic mass is 32.1. The van der Waals surface area contributed by atoms with Crippen LogP contribution < -0.4 is 5.32 Å². The van der Waals surface area contributed by atoms with Gasteiger partial charge in [0.25, 0.3) is 0 Å². The Morgan fingerprint density at radius 3 is 2.50 bits per heavy atom. The summed E-state index contributed by atoms with van der Waals surface area (Å²) < 4.78 is 39.0. The van der Waals surface area contributed by atoms with Gasteiger partial charge in [0, 0.05) is 12.7 Å². The molecule has 2 aromatic rings. The van der Waals surface area contributed by atoms with Crippen LogP contribution in [0.2, 0.25) is 0 Å².